The van der Waals surface area contributed by atoms with Crippen LogP contribution in [0.3, 0.4) is 0 Å². The second kappa shape index (κ2) is 3.74. The lowest BCUT2D eigenvalue weighted by molar-refractivity contribution is -0.140. The fourth-order valence-corrected chi connectivity index (χ4v) is 1.61. The molecule has 0 saturated heterocycles. The van der Waals surface area contributed by atoms with Crippen molar-refractivity contribution in [2.75, 3.05) is 0 Å². The summed E-state index contributed by atoms with van der Waals surface area (Å²) in [5.74, 6) is 0. The molecule has 0 aliphatic heterocycles. The van der Waals surface area contributed by atoms with Crippen molar-refractivity contribution >= 4 is 34.4 Å². The van der Waals surface area contributed by atoms with Crippen LogP contribution in [0.5, 0.6) is 0 Å². The number of halogens is 5. The minimum absolute atomic E-state index is 0.0395. The molecule has 2 aromatic heterocycles. The zero-order chi connectivity index (χ0) is 11.9. The number of nitrogens with zero attached hydrogens (tertiary/aromatic N) is 4. The summed E-state index contributed by atoms with van der Waals surface area (Å²) in [6.07, 6.45) is -3.37. The first-order chi connectivity index (χ1) is 7.37. The minimum Gasteiger partial charge on any atom is -0.306 e. The second-order valence-electron chi connectivity index (χ2n) is 2.94. The van der Waals surface area contributed by atoms with Crippen molar-refractivity contribution in [3.8, 4) is 0 Å². The summed E-state index contributed by atoms with van der Waals surface area (Å²) in [6, 6.07) is 0. The van der Waals surface area contributed by atoms with Crippen molar-refractivity contribution in [3.05, 3.63) is 16.8 Å². The number of imidazole rings is 1. The Labute approximate surface area is 97.0 Å². The lowest BCUT2D eigenvalue weighted by atomic mass is 10.5. The van der Waals surface area contributed by atoms with Crippen molar-refractivity contribution in [2.24, 2.45) is 0 Å². The molecular weight excluding hydrogens is 268 g/mol. The first-order valence-corrected chi connectivity index (χ1v) is 4.73. The Morgan fingerprint density at radius 3 is 2.56 bits per heavy atom. The van der Waals surface area contributed by atoms with E-state index in [1.165, 1.54) is 0 Å². The van der Waals surface area contributed by atoms with E-state index in [0.29, 0.717) is 0 Å². The largest absolute Gasteiger partial charge is 0.406 e. The highest BCUT2D eigenvalue weighted by atomic mass is 35.5. The molecule has 0 bridgehead atoms. The van der Waals surface area contributed by atoms with E-state index in [1.807, 2.05) is 0 Å². The third-order valence-electron chi connectivity index (χ3n) is 1.74. The van der Waals surface area contributed by atoms with Gasteiger partial charge >= 0.3 is 6.18 Å². The molecule has 0 N–H and O–H groups in total. The maximum Gasteiger partial charge on any atom is 0.406 e. The maximum atomic E-state index is 12.2. The monoisotopic (exact) mass is 270 g/mol. The van der Waals surface area contributed by atoms with Crippen LogP contribution < -0.4 is 0 Å². The van der Waals surface area contributed by atoms with E-state index in [4.69, 9.17) is 23.2 Å². The van der Waals surface area contributed by atoms with Crippen LogP contribution in [-0.4, -0.2) is 25.7 Å². The third kappa shape index (κ3) is 2.19. The highest BCUT2D eigenvalue weighted by Crippen LogP contribution is 2.24. The summed E-state index contributed by atoms with van der Waals surface area (Å²) in [4.78, 5) is 10.9. The molecule has 0 fully saturated rings. The predicted molar refractivity (Wildman–Crippen MR) is 51.4 cm³/mol. The van der Waals surface area contributed by atoms with Gasteiger partial charge in [-0.3, -0.25) is 0 Å². The Balaban J connectivity index is 2.56. The quantitative estimate of drug-likeness (QED) is 0.591. The molecule has 0 unspecified atom stereocenters. The van der Waals surface area contributed by atoms with Crippen LogP contribution in [0.25, 0.3) is 11.2 Å². The Hall–Kier alpha value is -1.08. The number of aromatic nitrogens is 4. The van der Waals surface area contributed by atoms with Gasteiger partial charge in [0.15, 0.2) is 10.8 Å². The van der Waals surface area contributed by atoms with Crippen molar-refractivity contribution in [1.29, 1.82) is 0 Å². The van der Waals surface area contributed by atoms with E-state index >= 15 is 0 Å². The number of alkyl halides is 3. The zero-order valence-corrected chi connectivity index (χ0v) is 8.97. The average molecular weight is 271 g/mol. The van der Waals surface area contributed by atoms with Crippen molar-refractivity contribution in [2.45, 2.75) is 12.7 Å². The van der Waals surface area contributed by atoms with E-state index in [1.54, 1.807) is 0 Å². The number of hydrogen-bond acceptors (Lipinski definition) is 3. The van der Waals surface area contributed by atoms with Gasteiger partial charge in [-0.15, -0.1) is 0 Å². The predicted octanol–water partition coefficient (Wildman–Crippen LogP) is 2.70. The molecule has 9 heteroatoms. The van der Waals surface area contributed by atoms with Crippen LogP contribution >= 0.6 is 23.2 Å². The van der Waals surface area contributed by atoms with Gasteiger partial charge in [0.1, 0.15) is 12.1 Å². The first kappa shape index (κ1) is 11.4. The van der Waals surface area contributed by atoms with Gasteiger partial charge in [-0.25, -0.2) is 9.97 Å². The molecule has 0 atom stereocenters. The number of rotatable bonds is 1. The standard InChI is InChI=1S/C7H3Cl2F3N4/c8-4-3-5(15-6(9)14-4)16(2-13-3)1-7(10,11)12/h2H,1H2. The van der Waals surface area contributed by atoms with Gasteiger partial charge in [-0.1, -0.05) is 11.6 Å². The topological polar surface area (TPSA) is 43.6 Å². The molecular formula is C7H3Cl2F3N4. The second-order valence-corrected chi connectivity index (χ2v) is 3.64. The van der Waals surface area contributed by atoms with Gasteiger partial charge in [0.2, 0.25) is 5.28 Å². The Morgan fingerprint density at radius 2 is 1.94 bits per heavy atom. The molecule has 16 heavy (non-hydrogen) atoms. The summed E-state index contributed by atoms with van der Waals surface area (Å²) >= 11 is 11.1. The van der Waals surface area contributed by atoms with Gasteiger partial charge in [0.05, 0.1) is 6.33 Å². The van der Waals surface area contributed by atoms with Gasteiger partial charge in [0.25, 0.3) is 0 Å². The van der Waals surface area contributed by atoms with Gasteiger partial charge in [-0.05, 0) is 11.6 Å². The summed E-state index contributed by atoms with van der Waals surface area (Å²) in [7, 11) is 0. The van der Waals surface area contributed by atoms with Gasteiger partial charge < -0.3 is 4.57 Å². The molecule has 86 valence electrons. The third-order valence-corrected chi connectivity index (χ3v) is 2.18. The van der Waals surface area contributed by atoms with Crippen LogP contribution in [-0.2, 0) is 6.54 Å². The normalized spacial score (nSPS) is 12.3. The molecule has 0 aliphatic rings. The molecule has 2 heterocycles. The number of fused-ring (bicyclic) bond motifs is 1. The van der Waals surface area contributed by atoms with Crippen LogP contribution in [0.4, 0.5) is 13.2 Å². The van der Waals surface area contributed by atoms with Crippen LogP contribution in [0.2, 0.25) is 10.4 Å². The minimum atomic E-state index is -4.36. The Kier molecular flexibility index (Phi) is 2.67. The van der Waals surface area contributed by atoms with E-state index < -0.39 is 12.7 Å². The summed E-state index contributed by atoms with van der Waals surface area (Å²) in [5.41, 5.74) is 0.0534. The fourth-order valence-electron chi connectivity index (χ4n) is 1.19. The molecule has 0 saturated carbocycles. The van der Waals surface area contributed by atoms with E-state index in [9.17, 15) is 13.2 Å². The van der Waals surface area contributed by atoms with E-state index in [-0.39, 0.29) is 21.6 Å². The maximum absolute atomic E-state index is 12.2. The van der Waals surface area contributed by atoms with E-state index in [2.05, 4.69) is 15.0 Å². The molecule has 2 rings (SSSR count). The van der Waals surface area contributed by atoms with Gasteiger partial charge in [0, 0.05) is 0 Å². The van der Waals surface area contributed by atoms with Crippen LogP contribution in [0, 0.1) is 0 Å². The highest BCUT2D eigenvalue weighted by molar-refractivity contribution is 6.35. The van der Waals surface area contributed by atoms with Crippen LogP contribution in [0.1, 0.15) is 0 Å². The molecule has 2 aromatic rings. The molecule has 0 aliphatic carbocycles. The summed E-state index contributed by atoms with van der Waals surface area (Å²) in [5, 5.41) is -0.294. The summed E-state index contributed by atoms with van der Waals surface area (Å²) in [6.45, 7) is -1.20. The number of hydrogen-bond donors (Lipinski definition) is 0. The SMILES string of the molecule is FC(F)(F)Cn1cnc2c(Cl)nc(Cl)nc21. The summed E-state index contributed by atoms with van der Waals surface area (Å²) < 4.78 is 37.4. The average Bonchev–Trinajstić information content (AvgIpc) is 2.46. The fraction of sp³-hybridized carbons (Fsp3) is 0.286. The molecule has 0 spiro atoms. The lowest BCUT2D eigenvalue weighted by Crippen LogP contribution is -2.17. The highest BCUT2D eigenvalue weighted by Gasteiger charge is 2.29. The molecule has 4 nitrogen and oxygen atoms in total. The van der Waals surface area contributed by atoms with Crippen molar-refractivity contribution in [3.63, 3.8) is 0 Å². The van der Waals surface area contributed by atoms with E-state index in [0.717, 1.165) is 10.9 Å². The molecule has 0 radical (unpaired) electrons. The Bertz CT molecular complexity index is 536. The molecule has 0 aromatic carbocycles. The first-order valence-electron chi connectivity index (χ1n) is 3.97. The van der Waals surface area contributed by atoms with Crippen molar-refractivity contribution < 1.29 is 13.2 Å². The van der Waals surface area contributed by atoms with Gasteiger partial charge in [-0.2, -0.15) is 18.2 Å². The Morgan fingerprint density at radius 1 is 1.25 bits per heavy atom. The zero-order valence-electron chi connectivity index (χ0n) is 7.46. The lowest BCUT2D eigenvalue weighted by Gasteiger charge is -2.07. The van der Waals surface area contributed by atoms with Crippen molar-refractivity contribution in [1.82, 2.24) is 19.5 Å². The van der Waals surface area contributed by atoms with Crippen LogP contribution in [0.15, 0.2) is 6.33 Å². The molecule has 0 amide bonds. The smallest absolute Gasteiger partial charge is 0.306 e.